The van der Waals surface area contributed by atoms with Gasteiger partial charge in [-0.15, -0.1) is 0 Å². The zero-order valence-electron chi connectivity index (χ0n) is 8.61. The summed E-state index contributed by atoms with van der Waals surface area (Å²) in [5.74, 6) is 0.687. The van der Waals surface area contributed by atoms with E-state index in [4.69, 9.17) is 0 Å². The summed E-state index contributed by atoms with van der Waals surface area (Å²) in [6.45, 7) is 0.793. The van der Waals surface area contributed by atoms with Crippen LogP contribution in [0, 0.1) is 0 Å². The second-order valence-electron chi connectivity index (χ2n) is 3.51. The van der Waals surface area contributed by atoms with Crippen molar-refractivity contribution in [3.63, 3.8) is 0 Å². The van der Waals surface area contributed by atoms with Gasteiger partial charge in [0.15, 0.2) is 0 Å². The number of hydrogen-bond donors (Lipinski definition) is 0. The Morgan fingerprint density at radius 2 is 1.88 bits per heavy atom. The molecule has 3 rings (SSSR count). The maximum atomic E-state index is 4.17. The predicted octanol–water partition coefficient (Wildman–Crippen LogP) is 2.04. The molecule has 0 spiro atoms. The van der Waals surface area contributed by atoms with Gasteiger partial charge < -0.3 is 4.90 Å². The molecule has 4 nitrogen and oxygen atoms in total. The molecule has 0 radical (unpaired) electrons. The van der Waals surface area contributed by atoms with Crippen molar-refractivity contribution in [2.75, 3.05) is 11.4 Å². The van der Waals surface area contributed by atoms with E-state index < -0.39 is 0 Å². The lowest BCUT2D eigenvalue weighted by molar-refractivity contribution is 0.945. The Hall–Kier alpha value is -2.23. The van der Waals surface area contributed by atoms with Gasteiger partial charge in [0, 0.05) is 6.54 Å². The summed E-state index contributed by atoms with van der Waals surface area (Å²) in [5, 5.41) is 0. The summed E-state index contributed by atoms with van der Waals surface area (Å²) in [6.07, 6.45) is 7.26. The first kappa shape index (κ1) is 9.03. The van der Waals surface area contributed by atoms with Crippen LogP contribution in [0.4, 0.5) is 11.6 Å². The predicted molar refractivity (Wildman–Crippen MR) is 62.3 cm³/mol. The molecule has 0 amide bonds. The molecule has 0 fully saturated rings. The van der Waals surface area contributed by atoms with Crippen LogP contribution in [0.3, 0.4) is 0 Å². The maximum absolute atomic E-state index is 4.17. The molecule has 1 aromatic heterocycles. The minimum atomic E-state index is 0.687. The van der Waals surface area contributed by atoms with Gasteiger partial charge >= 0.3 is 0 Å². The molecule has 16 heavy (non-hydrogen) atoms. The Labute approximate surface area is 93.3 Å². The summed E-state index contributed by atoms with van der Waals surface area (Å²) >= 11 is 0. The van der Waals surface area contributed by atoms with Crippen molar-refractivity contribution in [1.29, 1.82) is 0 Å². The van der Waals surface area contributed by atoms with E-state index in [2.05, 4.69) is 44.1 Å². The summed E-state index contributed by atoms with van der Waals surface area (Å²) in [7, 11) is 0. The van der Waals surface area contributed by atoms with Crippen LogP contribution in [-0.2, 0) is 0 Å². The molecule has 0 aliphatic carbocycles. The zero-order chi connectivity index (χ0) is 10.8. The molecule has 0 saturated heterocycles. The van der Waals surface area contributed by atoms with Gasteiger partial charge in [0.1, 0.15) is 12.7 Å². The third-order valence-corrected chi connectivity index (χ3v) is 2.53. The van der Waals surface area contributed by atoms with Gasteiger partial charge in [-0.05, 0) is 11.6 Å². The van der Waals surface area contributed by atoms with Gasteiger partial charge in [-0.1, -0.05) is 30.4 Å². The third kappa shape index (κ3) is 1.44. The molecular weight excluding hydrogens is 200 g/mol. The Kier molecular flexibility index (Phi) is 2.11. The van der Waals surface area contributed by atoms with E-state index in [1.54, 1.807) is 0 Å². The van der Waals surface area contributed by atoms with Gasteiger partial charge in [-0.25, -0.2) is 15.0 Å². The Morgan fingerprint density at radius 3 is 2.75 bits per heavy atom. The molecule has 2 heterocycles. The molecular formula is C12H10N4. The average molecular weight is 210 g/mol. The van der Waals surface area contributed by atoms with E-state index >= 15 is 0 Å². The highest BCUT2D eigenvalue weighted by atomic mass is 15.3. The van der Waals surface area contributed by atoms with Crippen LogP contribution in [-0.4, -0.2) is 21.5 Å². The number of aromatic nitrogens is 3. The molecule has 2 aromatic rings. The number of benzene rings is 1. The van der Waals surface area contributed by atoms with Gasteiger partial charge in [0.2, 0.25) is 5.95 Å². The highest BCUT2D eigenvalue weighted by Gasteiger charge is 2.15. The monoisotopic (exact) mass is 210 g/mol. The van der Waals surface area contributed by atoms with Crippen molar-refractivity contribution in [3.8, 4) is 0 Å². The number of nitrogens with zero attached hydrogens (tertiary/aromatic N) is 4. The largest absolute Gasteiger partial charge is 0.306 e. The second kappa shape index (κ2) is 3.73. The number of hydrogen-bond acceptors (Lipinski definition) is 4. The van der Waals surface area contributed by atoms with Crippen molar-refractivity contribution in [1.82, 2.24) is 15.0 Å². The lowest BCUT2D eigenvalue weighted by Gasteiger charge is -2.25. The van der Waals surface area contributed by atoms with Crippen molar-refractivity contribution >= 4 is 17.7 Å². The molecule has 78 valence electrons. The summed E-state index contributed by atoms with van der Waals surface area (Å²) in [6, 6.07) is 8.20. The summed E-state index contributed by atoms with van der Waals surface area (Å²) < 4.78 is 0. The Bertz CT molecular complexity index is 522. The van der Waals surface area contributed by atoms with Crippen LogP contribution >= 0.6 is 0 Å². The van der Waals surface area contributed by atoms with Crippen molar-refractivity contribution in [3.05, 3.63) is 48.6 Å². The molecule has 0 N–H and O–H groups in total. The fourth-order valence-corrected chi connectivity index (χ4v) is 1.82. The first-order valence-corrected chi connectivity index (χ1v) is 5.10. The van der Waals surface area contributed by atoms with E-state index in [1.807, 2.05) is 12.1 Å². The standard InChI is InChI=1S/C12H10N4/c1-2-6-11-10(4-1)5-3-7-16(11)12-14-8-13-9-15-12/h1-6,8-9H,7H2. The van der Waals surface area contributed by atoms with Crippen LogP contribution in [0.5, 0.6) is 0 Å². The SMILES string of the molecule is C1=Cc2ccccc2N(c2ncncn2)C1. The lowest BCUT2D eigenvalue weighted by atomic mass is 10.1. The first-order chi connectivity index (χ1) is 7.95. The Balaban J connectivity index is 2.09. The number of para-hydroxylation sites is 1. The normalized spacial score (nSPS) is 13.6. The molecule has 4 heteroatoms. The van der Waals surface area contributed by atoms with Crippen LogP contribution in [0.15, 0.2) is 43.0 Å². The molecule has 1 aliphatic heterocycles. The van der Waals surface area contributed by atoms with Crippen molar-refractivity contribution in [2.45, 2.75) is 0 Å². The number of rotatable bonds is 1. The average Bonchev–Trinajstić information content (AvgIpc) is 2.39. The summed E-state index contributed by atoms with van der Waals surface area (Å²) in [4.78, 5) is 14.2. The van der Waals surface area contributed by atoms with E-state index in [0.29, 0.717) is 5.95 Å². The highest BCUT2D eigenvalue weighted by molar-refractivity contribution is 5.75. The molecule has 0 bridgehead atoms. The van der Waals surface area contributed by atoms with E-state index in [1.165, 1.54) is 18.2 Å². The van der Waals surface area contributed by atoms with E-state index in [-0.39, 0.29) is 0 Å². The smallest absolute Gasteiger partial charge is 0.233 e. The van der Waals surface area contributed by atoms with Gasteiger partial charge in [-0.2, -0.15) is 0 Å². The van der Waals surface area contributed by atoms with Crippen molar-refractivity contribution in [2.24, 2.45) is 0 Å². The maximum Gasteiger partial charge on any atom is 0.233 e. The van der Waals surface area contributed by atoms with Crippen LogP contribution in [0.25, 0.3) is 6.08 Å². The molecule has 0 unspecified atom stereocenters. The minimum absolute atomic E-state index is 0.687. The second-order valence-corrected chi connectivity index (χ2v) is 3.51. The molecule has 1 aliphatic rings. The third-order valence-electron chi connectivity index (χ3n) is 2.53. The van der Waals surface area contributed by atoms with Crippen LogP contribution < -0.4 is 4.90 Å². The van der Waals surface area contributed by atoms with Gasteiger partial charge in [-0.3, -0.25) is 0 Å². The fraction of sp³-hybridized carbons (Fsp3) is 0.0833. The zero-order valence-corrected chi connectivity index (χ0v) is 8.61. The Morgan fingerprint density at radius 1 is 1.06 bits per heavy atom. The lowest BCUT2D eigenvalue weighted by Crippen LogP contribution is -2.22. The summed E-state index contributed by atoms with van der Waals surface area (Å²) in [5.41, 5.74) is 2.32. The first-order valence-electron chi connectivity index (χ1n) is 5.10. The van der Waals surface area contributed by atoms with Crippen molar-refractivity contribution < 1.29 is 0 Å². The van der Waals surface area contributed by atoms with Crippen LogP contribution in [0.2, 0.25) is 0 Å². The van der Waals surface area contributed by atoms with E-state index in [9.17, 15) is 0 Å². The topological polar surface area (TPSA) is 41.9 Å². The quantitative estimate of drug-likeness (QED) is 0.722. The van der Waals surface area contributed by atoms with Gasteiger partial charge in [0.05, 0.1) is 5.69 Å². The minimum Gasteiger partial charge on any atom is -0.306 e. The highest BCUT2D eigenvalue weighted by Crippen LogP contribution is 2.29. The van der Waals surface area contributed by atoms with E-state index in [0.717, 1.165) is 12.2 Å². The van der Waals surface area contributed by atoms with Crippen LogP contribution in [0.1, 0.15) is 5.56 Å². The molecule has 1 aromatic carbocycles. The molecule has 0 saturated carbocycles. The number of fused-ring (bicyclic) bond motifs is 1. The fourth-order valence-electron chi connectivity index (χ4n) is 1.82. The van der Waals surface area contributed by atoms with Gasteiger partial charge in [0.25, 0.3) is 0 Å². The number of anilines is 2. The molecule has 0 atom stereocenters.